The van der Waals surface area contributed by atoms with Crippen molar-refractivity contribution in [2.24, 2.45) is 0 Å². The van der Waals surface area contributed by atoms with Crippen molar-refractivity contribution in [3.8, 4) is 17.1 Å². The van der Waals surface area contributed by atoms with Crippen molar-refractivity contribution in [3.63, 3.8) is 0 Å². The van der Waals surface area contributed by atoms with Crippen LogP contribution in [-0.2, 0) is 0 Å². The Hall–Kier alpha value is -2.42. The van der Waals surface area contributed by atoms with Crippen LogP contribution in [0.15, 0.2) is 60.8 Å². The first-order chi connectivity index (χ1) is 12.5. The van der Waals surface area contributed by atoms with E-state index in [0.29, 0.717) is 22.3 Å². The lowest BCUT2D eigenvalue weighted by molar-refractivity contribution is 0.151. The minimum absolute atomic E-state index is 0.0257. The van der Waals surface area contributed by atoms with Crippen LogP contribution >= 0.6 is 22.6 Å². The maximum atomic E-state index is 13.1. The second-order valence-corrected chi connectivity index (χ2v) is 6.86. The number of fused-ring (bicyclic) bond motifs is 1. The van der Waals surface area contributed by atoms with Crippen LogP contribution < -0.4 is 0 Å². The summed E-state index contributed by atoms with van der Waals surface area (Å²) in [7, 11) is 0. The molecule has 0 aliphatic rings. The van der Waals surface area contributed by atoms with E-state index in [1.807, 2.05) is 6.20 Å². The lowest BCUT2D eigenvalue weighted by Crippen LogP contribution is -1.95. The number of aromatic nitrogens is 3. The molecule has 0 atom stereocenters. The number of alkyl halides is 2. The SMILES string of the molecule is Fc1ccc(-n2cc(I)c(-c3ccc4cc(C(F)F)ccc4n3)n2)cc1. The molecule has 0 radical (unpaired) electrons. The van der Waals surface area contributed by atoms with Gasteiger partial charge in [0.2, 0.25) is 0 Å². The highest BCUT2D eigenvalue weighted by Crippen LogP contribution is 2.27. The molecule has 3 nitrogen and oxygen atoms in total. The third kappa shape index (κ3) is 3.18. The Labute approximate surface area is 160 Å². The Kier molecular flexibility index (Phi) is 4.39. The molecule has 0 saturated carbocycles. The second kappa shape index (κ2) is 6.71. The molecule has 0 fully saturated rings. The fraction of sp³-hybridized carbons (Fsp3) is 0.0526. The van der Waals surface area contributed by atoms with Crippen LogP contribution in [0.3, 0.4) is 0 Å². The Bertz CT molecular complexity index is 1090. The van der Waals surface area contributed by atoms with Gasteiger partial charge in [0.25, 0.3) is 6.43 Å². The number of rotatable bonds is 3. The first-order valence-electron chi connectivity index (χ1n) is 7.71. The molecule has 4 rings (SSSR count). The first-order valence-corrected chi connectivity index (χ1v) is 8.79. The van der Waals surface area contributed by atoms with Gasteiger partial charge in [0.15, 0.2) is 0 Å². The average molecular weight is 465 g/mol. The summed E-state index contributed by atoms with van der Waals surface area (Å²) in [6.07, 6.45) is -0.680. The smallest absolute Gasteiger partial charge is 0.246 e. The Balaban J connectivity index is 1.75. The number of benzene rings is 2. The molecule has 0 aliphatic heterocycles. The van der Waals surface area contributed by atoms with Crippen LogP contribution in [0.5, 0.6) is 0 Å². The highest BCUT2D eigenvalue weighted by Gasteiger charge is 2.13. The van der Waals surface area contributed by atoms with Crippen molar-refractivity contribution in [2.75, 3.05) is 0 Å². The van der Waals surface area contributed by atoms with Gasteiger partial charge in [0, 0.05) is 17.1 Å². The topological polar surface area (TPSA) is 30.7 Å². The van der Waals surface area contributed by atoms with Crippen LogP contribution in [-0.4, -0.2) is 14.8 Å². The number of halogens is 4. The maximum Gasteiger partial charge on any atom is 0.263 e. The molecule has 130 valence electrons. The van der Waals surface area contributed by atoms with Gasteiger partial charge in [-0.15, -0.1) is 0 Å². The summed E-state index contributed by atoms with van der Waals surface area (Å²) >= 11 is 2.16. The van der Waals surface area contributed by atoms with Crippen LogP contribution in [0, 0.1) is 9.39 Å². The van der Waals surface area contributed by atoms with E-state index >= 15 is 0 Å². The summed E-state index contributed by atoms with van der Waals surface area (Å²) < 4.78 is 41.3. The van der Waals surface area contributed by atoms with Gasteiger partial charge in [-0.2, -0.15) is 5.10 Å². The van der Waals surface area contributed by atoms with Crippen molar-refractivity contribution in [2.45, 2.75) is 6.43 Å². The molecule has 0 spiro atoms. The predicted octanol–water partition coefficient (Wildman–Crippen LogP) is 5.77. The summed E-state index contributed by atoms with van der Waals surface area (Å²) in [4.78, 5) is 4.54. The van der Waals surface area contributed by atoms with Crippen molar-refractivity contribution in [3.05, 3.63) is 75.7 Å². The highest BCUT2D eigenvalue weighted by atomic mass is 127. The van der Waals surface area contributed by atoms with Crippen LogP contribution in [0.25, 0.3) is 28.0 Å². The first kappa shape index (κ1) is 17.0. The minimum Gasteiger partial charge on any atom is -0.246 e. The van der Waals surface area contributed by atoms with Crippen LogP contribution in [0.2, 0.25) is 0 Å². The van der Waals surface area contributed by atoms with Gasteiger partial charge in [-0.25, -0.2) is 22.8 Å². The van der Waals surface area contributed by atoms with Crippen LogP contribution in [0.4, 0.5) is 13.2 Å². The molecule has 2 aromatic heterocycles. The van der Waals surface area contributed by atoms with E-state index in [0.717, 1.165) is 9.26 Å². The molecule has 2 heterocycles. The summed E-state index contributed by atoms with van der Waals surface area (Å²) in [6.45, 7) is 0. The zero-order valence-corrected chi connectivity index (χ0v) is 15.4. The largest absolute Gasteiger partial charge is 0.263 e. The van der Waals surface area contributed by atoms with E-state index in [-0.39, 0.29) is 11.4 Å². The summed E-state index contributed by atoms with van der Waals surface area (Å²) in [5.41, 5.74) is 2.65. The molecule has 0 N–H and O–H groups in total. The predicted molar refractivity (Wildman–Crippen MR) is 102 cm³/mol. The molecule has 0 amide bonds. The monoisotopic (exact) mass is 465 g/mol. The molecular formula is C19H11F3IN3. The van der Waals surface area contributed by atoms with Crippen molar-refractivity contribution >= 4 is 33.5 Å². The Morgan fingerprint density at radius 3 is 2.46 bits per heavy atom. The van der Waals surface area contributed by atoms with Crippen molar-refractivity contribution in [1.29, 1.82) is 0 Å². The zero-order valence-electron chi connectivity index (χ0n) is 13.2. The van der Waals surface area contributed by atoms with Gasteiger partial charge in [-0.1, -0.05) is 12.1 Å². The van der Waals surface area contributed by atoms with Gasteiger partial charge in [0.05, 0.1) is 20.5 Å². The Morgan fingerprint density at radius 2 is 1.73 bits per heavy atom. The number of nitrogens with zero attached hydrogens (tertiary/aromatic N) is 3. The van der Waals surface area contributed by atoms with Gasteiger partial charge >= 0.3 is 0 Å². The fourth-order valence-electron chi connectivity index (χ4n) is 2.66. The standard InChI is InChI=1S/C19H11F3IN3/c20-13-3-5-14(6-4-13)26-10-15(23)18(25-26)17-8-1-11-9-12(19(21)22)2-7-16(11)24-17/h1-10,19H. The molecule has 0 unspecified atom stereocenters. The molecule has 4 aromatic rings. The van der Waals surface area contributed by atoms with Crippen molar-refractivity contribution in [1.82, 2.24) is 14.8 Å². The third-order valence-corrected chi connectivity index (χ3v) is 4.76. The third-order valence-electron chi connectivity index (χ3n) is 3.97. The van der Waals surface area contributed by atoms with E-state index in [2.05, 4.69) is 32.7 Å². The lowest BCUT2D eigenvalue weighted by atomic mass is 10.1. The maximum absolute atomic E-state index is 13.1. The Morgan fingerprint density at radius 1 is 0.962 bits per heavy atom. The molecule has 0 saturated heterocycles. The summed E-state index contributed by atoms with van der Waals surface area (Å²) in [6, 6.07) is 14.0. The quantitative estimate of drug-likeness (QED) is 0.360. The lowest BCUT2D eigenvalue weighted by Gasteiger charge is -2.04. The molecule has 0 bridgehead atoms. The average Bonchev–Trinajstić information content (AvgIpc) is 3.03. The molecule has 26 heavy (non-hydrogen) atoms. The van der Waals surface area contributed by atoms with Crippen LogP contribution in [0.1, 0.15) is 12.0 Å². The molecule has 0 aliphatic carbocycles. The summed E-state index contributed by atoms with van der Waals surface area (Å²) in [5.74, 6) is -0.310. The minimum atomic E-state index is -2.51. The molecule has 7 heteroatoms. The van der Waals surface area contributed by atoms with E-state index in [4.69, 9.17) is 0 Å². The van der Waals surface area contributed by atoms with Gasteiger partial charge < -0.3 is 0 Å². The van der Waals surface area contributed by atoms with E-state index in [1.165, 1.54) is 24.3 Å². The number of pyridine rings is 1. The van der Waals surface area contributed by atoms with E-state index < -0.39 is 6.43 Å². The van der Waals surface area contributed by atoms with E-state index in [9.17, 15) is 13.2 Å². The fourth-order valence-corrected chi connectivity index (χ4v) is 3.31. The second-order valence-electron chi connectivity index (χ2n) is 5.70. The van der Waals surface area contributed by atoms with Crippen molar-refractivity contribution < 1.29 is 13.2 Å². The normalized spacial score (nSPS) is 11.4. The summed E-state index contributed by atoms with van der Waals surface area (Å²) in [5, 5.41) is 5.19. The van der Waals surface area contributed by atoms with Gasteiger partial charge in [-0.3, -0.25) is 0 Å². The highest BCUT2D eigenvalue weighted by molar-refractivity contribution is 14.1. The molecular weight excluding hydrogens is 454 g/mol. The zero-order chi connectivity index (χ0) is 18.3. The van der Waals surface area contributed by atoms with Gasteiger partial charge in [0.1, 0.15) is 11.5 Å². The van der Waals surface area contributed by atoms with Gasteiger partial charge in [-0.05, 0) is 65.1 Å². The number of hydrogen-bond acceptors (Lipinski definition) is 2. The number of hydrogen-bond donors (Lipinski definition) is 0. The van der Waals surface area contributed by atoms with E-state index in [1.54, 1.807) is 35.0 Å². The molecule has 2 aromatic carbocycles.